The van der Waals surface area contributed by atoms with E-state index in [-0.39, 0.29) is 12.1 Å². The molecule has 0 saturated heterocycles. The molecule has 0 aliphatic heterocycles. The average Bonchev–Trinajstić information content (AvgIpc) is 2.37. The lowest BCUT2D eigenvalue weighted by atomic mass is 9.88. The lowest BCUT2D eigenvalue weighted by Gasteiger charge is -2.26. The molecule has 0 aliphatic carbocycles. The number of hydrogen-bond acceptors (Lipinski definition) is 2. The first kappa shape index (κ1) is 18.0. The molecule has 0 spiro atoms. The topological polar surface area (TPSA) is 66.4 Å². The van der Waals surface area contributed by atoms with Crippen molar-refractivity contribution in [1.82, 2.24) is 5.32 Å². The van der Waals surface area contributed by atoms with E-state index < -0.39 is 29.9 Å². The van der Waals surface area contributed by atoms with E-state index in [2.05, 4.69) is 5.32 Å². The van der Waals surface area contributed by atoms with Crippen molar-refractivity contribution in [1.29, 1.82) is 0 Å². The molecule has 0 atom stereocenters. The molecule has 1 aromatic rings. The molecular weight excluding hydrogens is 299 g/mol. The van der Waals surface area contributed by atoms with Crippen LogP contribution in [0, 0.1) is 5.41 Å². The van der Waals surface area contributed by atoms with Crippen molar-refractivity contribution in [3.63, 3.8) is 0 Å². The Morgan fingerprint density at radius 1 is 1.14 bits per heavy atom. The number of amides is 1. The highest BCUT2D eigenvalue weighted by atomic mass is 19.4. The highest BCUT2D eigenvalue weighted by molar-refractivity contribution is 5.87. The molecule has 7 heteroatoms. The summed E-state index contributed by atoms with van der Waals surface area (Å²) in [5.41, 5.74) is -1.12. The Morgan fingerprint density at radius 2 is 1.68 bits per heavy atom. The fraction of sp³-hybridized carbons (Fsp3) is 0.467. The number of carboxylic acid groups (broad SMARTS) is 1. The van der Waals surface area contributed by atoms with E-state index in [1.165, 1.54) is 12.1 Å². The normalized spacial score (nSPS) is 12.0. The van der Waals surface area contributed by atoms with Crippen molar-refractivity contribution in [2.24, 2.45) is 5.41 Å². The molecule has 0 unspecified atom stereocenters. The maximum Gasteiger partial charge on any atom is 0.394 e. The van der Waals surface area contributed by atoms with Crippen LogP contribution in [0.4, 0.5) is 13.2 Å². The van der Waals surface area contributed by atoms with Crippen molar-refractivity contribution in [2.75, 3.05) is 6.54 Å². The van der Waals surface area contributed by atoms with Gasteiger partial charge in [-0.05, 0) is 24.1 Å². The van der Waals surface area contributed by atoms with E-state index in [0.717, 1.165) is 19.4 Å². The highest BCUT2D eigenvalue weighted by Gasteiger charge is 2.48. The smallest absolute Gasteiger partial charge is 0.394 e. The van der Waals surface area contributed by atoms with E-state index in [4.69, 9.17) is 5.11 Å². The fourth-order valence-electron chi connectivity index (χ4n) is 1.72. The maximum atomic E-state index is 12.7. The minimum atomic E-state index is -4.43. The number of halogens is 3. The zero-order valence-corrected chi connectivity index (χ0v) is 12.3. The van der Waals surface area contributed by atoms with Gasteiger partial charge in [-0.1, -0.05) is 26.0 Å². The van der Waals surface area contributed by atoms with Gasteiger partial charge in [-0.2, -0.15) is 13.2 Å². The Kier molecular flexibility index (Phi) is 5.57. The molecule has 122 valence electrons. The lowest BCUT2D eigenvalue weighted by Crippen LogP contribution is -2.38. The molecule has 0 aliphatic rings. The van der Waals surface area contributed by atoms with E-state index in [1.807, 2.05) is 0 Å². The summed E-state index contributed by atoms with van der Waals surface area (Å²) in [6.07, 6.45) is -4.65. The Balaban J connectivity index is 2.44. The van der Waals surface area contributed by atoms with Crippen molar-refractivity contribution in [3.8, 4) is 0 Å². The van der Waals surface area contributed by atoms with Gasteiger partial charge in [-0.3, -0.25) is 4.79 Å². The first-order valence-corrected chi connectivity index (χ1v) is 6.68. The number of carbonyl (C=O) groups is 2. The second-order valence-electron chi connectivity index (χ2n) is 5.66. The molecule has 2 N–H and O–H groups in total. The second-order valence-corrected chi connectivity index (χ2v) is 5.66. The largest absolute Gasteiger partial charge is 0.478 e. The molecule has 1 amide bonds. The molecule has 1 rings (SSSR count). The molecule has 0 bridgehead atoms. The molecule has 4 nitrogen and oxygen atoms in total. The zero-order valence-electron chi connectivity index (χ0n) is 12.3. The monoisotopic (exact) mass is 317 g/mol. The Morgan fingerprint density at radius 3 is 2.14 bits per heavy atom. The molecule has 0 aromatic heterocycles. The van der Waals surface area contributed by atoms with Crippen molar-refractivity contribution < 1.29 is 27.9 Å². The van der Waals surface area contributed by atoms with Gasteiger partial charge in [-0.15, -0.1) is 0 Å². The van der Waals surface area contributed by atoms with E-state index in [1.54, 1.807) is 12.1 Å². The number of carbonyl (C=O) groups excluding carboxylic acids is 1. The van der Waals surface area contributed by atoms with Crippen LogP contribution < -0.4 is 5.32 Å². The first-order valence-electron chi connectivity index (χ1n) is 6.68. The second kappa shape index (κ2) is 6.81. The van der Waals surface area contributed by atoms with Gasteiger partial charge in [0.2, 0.25) is 5.91 Å². The lowest BCUT2D eigenvalue weighted by molar-refractivity contribution is -0.213. The predicted octanol–water partition coefficient (Wildman–Crippen LogP) is 3.02. The molecule has 0 radical (unpaired) electrons. The molecule has 0 heterocycles. The first-order chi connectivity index (χ1) is 10.0. The van der Waals surface area contributed by atoms with Gasteiger partial charge in [0.05, 0.1) is 11.0 Å². The van der Waals surface area contributed by atoms with Crippen LogP contribution in [0.2, 0.25) is 0 Å². The minimum absolute atomic E-state index is 0.153. The maximum absolute atomic E-state index is 12.7. The molecule has 22 heavy (non-hydrogen) atoms. The van der Waals surface area contributed by atoms with Crippen LogP contribution in [0.15, 0.2) is 24.3 Å². The summed E-state index contributed by atoms with van der Waals surface area (Å²) in [7, 11) is 0. The fourth-order valence-corrected chi connectivity index (χ4v) is 1.72. The number of hydrogen-bond donors (Lipinski definition) is 2. The summed E-state index contributed by atoms with van der Waals surface area (Å²) in [5.74, 6) is -1.70. The Bertz CT molecular complexity index is 536. The van der Waals surface area contributed by atoms with Crippen molar-refractivity contribution >= 4 is 11.9 Å². The van der Waals surface area contributed by atoms with Crippen LogP contribution in [-0.2, 0) is 11.2 Å². The number of rotatable bonds is 6. The standard InChI is InChI=1S/C15H18F3NO3/c1-14(2,15(16,17)18)9-12(20)19-8-7-10-3-5-11(6-4-10)13(21)22/h3-6H,7-9H2,1-2H3,(H,19,20)(H,21,22). The third kappa shape index (κ3) is 5.05. The third-order valence-electron chi connectivity index (χ3n) is 3.31. The van der Waals surface area contributed by atoms with Crippen LogP contribution in [0.5, 0.6) is 0 Å². The SMILES string of the molecule is CC(C)(CC(=O)NCCc1ccc(C(=O)O)cc1)C(F)(F)F. The molecule has 0 fully saturated rings. The van der Waals surface area contributed by atoms with Gasteiger partial charge in [-0.25, -0.2) is 4.79 Å². The van der Waals surface area contributed by atoms with Crippen molar-refractivity contribution in [3.05, 3.63) is 35.4 Å². The van der Waals surface area contributed by atoms with Gasteiger partial charge in [0.1, 0.15) is 0 Å². The quantitative estimate of drug-likeness (QED) is 0.847. The zero-order chi connectivity index (χ0) is 17.0. The summed E-state index contributed by atoms with van der Waals surface area (Å²) in [4.78, 5) is 22.2. The highest BCUT2D eigenvalue weighted by Crippen LogP contribution is 2.40. The average molecular weight is 317 g/mol. The minimum Gasteiger partial charge on any atom is -0.478 e. The van der Waals surface area contributed by atoms with Gasteiger partial charge in [0, 0.05) is 13.0 Å². The Hall–Kier alpha value is -2.05. The van der Waals surface area contributed by atoms with Crippen LogP contribution in [0.25, 0.3) is 0 Å². The molecule has 0 saturated carbocycles. The number of carboxylic acids is 1. The predicted molar refractivity (Wildman–Crippen MR) is 74.6 cm³/mol. The number of aromatic carboxylic acids is 1. The van der Waals surface area contributed by atoms with Gasteiger partial charge in [0.15, 0.2) is 0 Å². The van der Waals surface area contributed by atoms with Crippen LogP contribution in [-0.4, -0.2) is 29.7 Å². The summed E-state index contributed by atoms with van der Waals surface area (Å²) in [6, 6.07) is 6.09. The van der Waals surface area contributed by atoms with Crippen molar-refractivity contribution in [2.45, 2.75) is 32.9 Å². The van der Waals surface area contributed by atoms with Crippen LogP contribution in [0.3, 0.4) is 0 Å². The molecular formula is C15H18F3NO3. The van der Waals surface area contributed by atoms with E-state index >= 15 is 0 Å². The number of alkyl halides is 3. The third-order valence-corrected chi connectivity index (χ3v) is 3.31. The van der Waals surface area contributed by atoms with Gasteiger partial charge in [0.25, 0.3) is 0 Å². The number of benzene rings is 1. The summed E-state index contributed by atoms with van der Waals surface area (Å²) in [5, 5.41) is 11.2. The number of nitrogens with one attached hydrogen (secondary N) is 1. The summed E-state index contributed by atoms with van der Waals surface area (Å²) >= 11 is 0. The van der Waals surface area contributed by atoms with Gasteiger partial charge >= 0.3 is 12.1 Å². The van der Waals surface area contributed by atoms with Crippen LogP contribution >= 0.6 is 0 Å². The Labute approximate surface area is 126 Å². The molecule has 1 aromatic carbocycles. The summed E-state index contributed by atoms with van der Waals surface area (Å²) in [6.45, 7) is 2.16. The van der Waals surface area contributed by atoms with E-state index in [9.17, 15) is 22.8 Å². The van der Waals surface area contributed by atoms with Crippen LogP contribution in [0.1, 0.15) is 36.2 Å². The summed E-state index contributed by atoms with van der Waals surface area (Å²) < 4.78 is 38.0. The van der Waals surface area contributed by atoms with Gasteiger partial charge < -0.3 is 10.4 Å². The van der Waals surface area contributed by atoms with E-state index in [0.29, 0.717) is 6.42 Å².